The van der Waals surface area contributed by atoms with Crippen LogP contribution in [-0.2, 0) is 11.8 Å². The molecule has 15 heavy (non-hydrogen) atoms. The first kappa shape index (κ1) is 12.2. The van der Waals surface area contributed by atoms with Crippen LogP contribution in [0.4, 0.5) is 0 Å². The Labute approximate surface area is 90.9 Å². The van der Waals surface area contributed by atoms with E-state index >= 15 is 0 Å². The molecule has 0 aromatic carbocycles. The van der Waals surface area contributed by atoms with Gasteiger partial charge in [-0.25, -0.2) is 0 Å². The fraction of sp³-hybridized carbons (Fsp3) is 0.727. The number of rotatable bonds is 5. The first-order chi connectivity index (χ1) is 7.03. The maximum absolute atomic E-state index is 10.2. The van der Waals surface area contributed by atoms with Gasteiger partial charge in [0.05, 0.1) is 11.3 Å². The van der Waals surface area contributed by atoms with Crippen LogP contribution in [0.25, 0.3) is 0 Å². The second kappa shape index (κ2) is 4.77. The summed E-state index contributed by atoms with van der Waals surface area (Å²) in [5, 5.41) is 14.4. The van der Waals surface area contributed by atoms with E-state index in [4.69, 9.17) is 4.74 Å². The Bertz CT molecular complexity index is 311. The summed E-state index contributed by atoms with van der Waals surface area (Å²) in [6, 6.07) is 1.82. The van der Waals surface area contributed by atoms with Gasteiger partial charge in [-0.1, -0.05) is 6.92 Å². The molecule has 4 nitrogen and oxygen atoms in total. The first-order valence-electron chi connectivity index (χ1n) is 5.35. The Morgan fingerprint density at radius 3 is 2.67 bits per heavy atom. The Kier molecular flexibility index (Phi) is 3.88. The standard InChI is InChI=1S/C11H20N2O2/c1-5-11(3,15-6-2)10(14)9-7-8-13(4)12-9/h7-8,10,14H,5-6H2,1-4H3. The van der Waals surface area contributed by atoms with E-state index < -0.39 is 11.7 Å². The summed E-state index contributed by atoms with van der Waals surface area (Å²) in [6.07, 6.45) is 1.89. The van der Waals surface area contributed by atoms with Gasteiger partial charge < -0.3 is 9.84 Å². The summed E-state index contributed by atoms with van der Waals surface area (Å²) < 4.78 is 7.29. The molecule has 2 unspecified atom stereocenters. The molecule has 0 aliphatic carbocycles. The van der Waals surface area contributed by atoms with Crippen molar-refractivity contribution in [2.45, 2.75) is 38.9 Å². The summed E-state index contributed by atoms with van der Waals surface area (Å²) in [5.74, 6) is 0. The van der Waals surface area contributed by atoms with Crippen LogP contribution in [-0.4, -0.2) is 27.1 Å². The van der Waals surface area contributed by atoms with Crippen molar-refractivity contribution in [3.05, 3.63) is 18.0 Å². The summed E-state index contributed by atoms with van der Waals surface area (Å²) in [5.41, 5.74) is 0.110. The number of aryl methyl sites for hydroxylation is 1. The molecular weight excluding hydrogens is 192 g/mol. The zero-order valence-corrected chi connectivity index (χ0v) is 9.90. The number of nitrogens with zero attached hydrogens (tertiary/aromatic N) is 2. The van der Waals surface area contributed by atoms with Crippen molar-refractivity contribution in [1.29, 1.82) is 0 Å². The van der Waals surface area contributed by atoms with Crippen molar-refractivity contribution in [2.24, 2.45) is 7.05 Å². The number of hydrogen-bond acceptors (Lipinski definition) is 3. The van der Waals surface area contributed by atoms with E-state index in [9.17, 15) is 5.11 Å². The number of hydrogen-bond donors (Lipinski definition) is 1. The lowest BCUT2D eigenvalue weighted by atomic mass is 9.93. The molecule has 0 amide bonds. The van der Waals surface area contributed by atoms with E-state index in [1.807, 2.05) is 40.1 Å². The monoisotopic (exact) mass is 212 g/mol. The van der Waals surface area contributed by atoms with Crippen molar-refractivity contribution < 1.29 is 9.84 Å². The fourth-order valence-electron chi connectivity index (χ4n) is 1.60. The molecule has 0 spiro atoms. The van der Waals surface area contributed by atoms with Crippen LogP contribution >= 0.6 is 0 Å². The van der Waals surface area contributed by atoms with Crippen LogP contribution in [0.3, 0.4) is 0 Å². The molecular formula is C11H20N2O2. The van der Waals surface area contributed by atoms with Crippen LogP contribution in [0.1, 0.15) is 39.0 Å². The molecule has 1 rings (SSSR count). The smallest absolute Gasteiger partial charge is 0.126 e. The second-order valence-corrected chi connectivity index (χ2v) is 3.92. The minimum atomic E-state index is -0.677. The average Bonchev–Trinajstić information content (AvgIpc) is 2.64. The SMILES string of the molecule is CCOC(C)(CC)C(O)c1ccn(C)n1. The molecule has 1 N–H and O–H groups in total. The maximum Gasteiger partial charge on any atom is 0.126 e. The highest BCUT2D eigenvalue weighted by Crippen LogP contribution is 2.30. The molecule has 0 aliphatic rings. The van der Waals surface area contributed by atoms with Crippen molar-refractivity contribution >= 4 is 0 Å². The third kappa shape index (κ3) is 2.58. The zero-order valence-electron chi connectivity index (χ0n) is 9.90. The fourth-order valence-corrected chi connectivity index (χ4v) is 1.60. The summed E-state index contributed by atoms with van der Waals surface area (Å²) in [6.45, 7) is 6.44. The van der Waals surface area contributed by atoms with Crippen molar-refractivity contribution in [2.75, 3.05) is 6.61 Å². The molecule has 0 saturated carbocycles. The van der Waals surface area contributed by atoms with Crippen LogP contribution in [0.2, 0.25) is 0 Å². The van der Waals surface area contributed by atoms with Gasteiger partial charge in [0.15, 0.2) is 0 Å². The van der Waals surface area contributed by atoms with Crippen LogP contribution in [0.5, 0.6) is 0 Å². The van der Waals surface area contributed by atoms with Crippen molar-refractivity contribution in [3.63, 3.8) is 0 Å². The van der Waals surface area contributed by atoms with Crippen LogP contribution in [0, 0.1) is 0 Å². The number of aromatic nitrogens is 2. The lowest BCUT2D eigenvalue weighted by Crippen LogP contribution is -2.36. The Balaban J connectivity index is 2.85. The van der Waals surface area contributed by atoms with Gasteiger partial charge in [-0.2, -0.15) is 5.10 Å². The summed E-state index contributed by atoms with van der Waals surface area (Å²) >= 11 is 0. The third-order valence-electron chi connectivity index (χ3n) is 2.77. The number of ether oxygens (including phenoxy) is 1. The highest BCUT2D eigenvalue weighted by atomic mass is 16.5. The minimum Gasteiger partial charge on any atom is -0.384 e. The topological polar surface area (TPSA) is 47.3 Å². The summed E-state index contributed by atoms with van der Waals surface area (Å²) in [4.78, 5) is 0. The molecule has 1 aromatic heterocycles. The Morgan fingerprint density at radius 2 is 2.27 bits per heavy atom. The van der Waals surface area contributed by atoms with Crippen molar-refractivity contribution in [1.82, 2.24) is 9.78 Å². The van der Waals surface area contributed by atoms with Gasteiger partial charge in [-0.15, -0.1) is 0 Å². The molecule has 0 bridgehead atoms. The van der Waals surface area contributed by atoms with E-state index in [1.54, 1.807) is 4.68 Å². The predicted octanol–water partition coefficient (Wildman–Crippen LogP) is 1.66. The van der Waals surface area contributed by atoms with E-state index in [2.05, 4.69) is 5.10 Å². The number of aliphatic hydroxyl groups excluding tert-OH is 1. The predicted molar refractivity (Wildman–Crippen MR) is 58.5 cm³/mol. The van der Waals surface area contributed by atoms with E-state index in [0.717, 1.165) is 6.42 Å². The molecule has 1 aromatic rings. The summed E-state index contributed by atoms with van der Waals surface area (Å²) in [7, 11) is 1.83. The lowest BCUT2D eigenvalue weighted by molar-refractivity contribution is -0.114. The molecule has 0 aliphatic heterocycles. The van der Waals surface area contributed by atoms with Gasteiger partial charge >= 0.3 is 0 Å². The molecule has 2 atom stereocenters. The van der Waals surface area contributed by atoms with Crippen molar-refractivity contribution in [3.8, 4) is 0 Å². The first-order valence-corrected chi connectivity index (χ1v) is 5.35. The number of aliphatic hydroxyl groups is 1. The van der Waals surface area contributed by atoms with Gasteiger partial charge in [0.1, 0.15) is 6.10 Å². The minimum absolute atomic E-state index is 0.552. The second-order valence-electron chi connectivity index (χ2n) is 3.92. The molecule has 0 fully saturated rings. The normalized spacial score (nSPS) is 17.4. The zero-order chi connectivity index (χ0) is 11.5. The van der Waals surface area contributed by atoms with Gasteiger partial charge in [0.2, 0.25) is 0 Å². The van der Waals surface area contributed by atoms with Crippen LogP contribution < -0.4 is 0 Å². The molecule has 0 radical (unpaired) electrons. The largest absolute Gasteiger partial charge is 0.384 e. The quantitative estimate of drug-likeness (QED) is 0.807. The van der Waals surface area contributed by atoms with E-state index in [-0.39, 0.29) is 0 Å². The average molecular weight is 212 g/mol. The molecule has 1 heterocycles. The highest BCUT2D eigenvalue weighted by molar-refractivity contribution is 5.08. The maximum atomic E-state index is 10.2. The van der Waals surface area contributed by atoms with Crippen LogP contribution in [0.15, 0.2) is 12.3 Å². The Hall–Kier alpha value is -0.870. The van der Waals surface area contributed by atoms with E-state index in [0.29, 0.717) is 12.3 Å². The molecule has 4 heteroatoms. The van der Waals surface area contributed by atoms with Gasteiger partial charge in [-0.3, -0.25) is 4.68 Å². The van der Waals surface area contributed by atoms with Gasteiger partial charge in [0, 0.05) is 19.9 Å². The lowest BCUT2D eigenvalue weighted by Gasteiger charge is -2.32. The van der Waals surface area contributed by atoms with Gasteiger partial charge in [-0.05, 0) is 26.3 Å². The van der Waals surface area contributed by atoms with Gasteiger partial charge in [0.25, 0.3) is 0 Å². The molecule has 0 saturated heterocycles. The third-order valence-corrected chi connectivity index (χ3v) is 2.77. The van der Waals surface area contributed by atoms with E-state index in [1.165, 1.54) is 0 Å². The Morgan fingerprint density at radius 1 is 1.60 bits per heavy atom. The molecule has 86 valence electrons. The highest BCUT2D eigenvalue weighted by Gasteiger charge is 2.34.